The molecule has 0 aliphatic rings. The quantitative estimate of drug-likeness (QED) is 0.756. The van der Waals surface area contributed by atoms with Crippen molar-refractivity contribution in [3.05, 3.63) is 59.9 Å². The summed E-state index contributed by atoms with van der Waals surface area (Å²) in [5, 5.41) is 12.4. The fraction of sp³-hybridized carbons (Fsp3) is 0.0625. The van der Waals surface area contributed by atoms with E-state index in [0.717, 1.165) is 11.1 Å². The van der Waals surface area contributed by atoms with Gasteiger partial charge in [0.2, 0.25) is 0 Å². The Bertz CT molecular complexity index is 831. The number of aryl methyl sites for hydroxylation is 1. The number of aromatic nitrogens is 2. The van der Waals surface area contributed by atoms with Crippen LogP contribution in [0.5, 0.6) is 5.75 Å². The Hall–Kier alpha value is -2.95. The van der Waals surface area contributed by atoms with Crippen molar-refractivity contribution >= 4 is 22.6 Å². The highest BCUT2D eigenvalue weighted by atomic mass is 16.3. The van der Waals surface area contributed by atoms with Gasteiger partial charge in [0.25, 0.3) is 5.91 Å². The van der Waals surface area contributed by atoms with Crippen LogP contribution in [0.1, 0.15) is 15.9 Å². The molecule has 0 radical (unpaired) electrons. The number of nitrogens with one attached hydrogen (secondary N) is 1. The number of hydrogen-bond donors (Lipinski definition) is 2. The molecule has 0 fully saturated rings. The predicted molar refractivity (Wildman–Crippen MR) is 80.3 cm³/mol. The van der Waals surface area contributed by atoms with Crippen molar-refractivity contribution in [3.63, 3.8) is 0 Å². The van der Waals surface area contributed by atoms with E-state index >= 15 is 0 Å². The molecule has 0 spiro atoms. The molecule has 0 aliphatic heterocycles. The minimum atomic E-state index is -0.259. The van der Waals surface area contributed by atoms with E-state index in [9.17, 15) is 9.90 Å². The fourth-order valence-electron chi connectivity index (χ4n) is 1.99. The average molecular weight is 279 g/mol. The van der Waals surface area contributed by atoms with E-state index in [1.54, 1.807) is 49.6 Å². The van der Waals surface area contributed by atoms with Crippen LogP contribution in [0.2, 0.25) is 0 Å². The van der Waals surface area contributed by atoms with Gasteiger partial charge in [-0.05, 0) is 36.8 Å². The third kappa shape index (κ3) is 2.67. The summed E-state index contributed by atoms with van der Waals surface area (Å²) in [6.45, 7) is 1.79. The molecule has 0 unspecified atom stereocenters. The summed E-state index contributed by atoms with van der Waals surface area (Å²) in [4.78, 5) is 20.5. The first-order valence-electron chi connectivity index (χ1n) is 6.45. The summed E-state index contributed by atoms with van der Waals surface area (Å²) in [7, 11) is 0. The zero-order valence-electron chi connectivity index (χ0n) is 11.4. The molecule has 0 atom stereocenters. The van der Waals surface area contributed by atoms with E-state index in [1.165, 1.54) is 6.07 Å². The summed E-state index contributed by atoms with van der Waals surface area (Å²) < 4.78 is 0. The molecule has 1 amide bonds. The van der Waals surface area contributed by atoms with Crippen LogP contribution in [0.4, 0.5) is 5.69 Å². The van der Waals surface area contributed by atoms with E-state index in [2.05, 4.69) is 15.3 Å². The molecule has 0 aliphatic carbocycles. The van der Waals surface area contributed by atoms with Gasteiger partial charge in [-0.3, -0.25) is 14.8 Å². The molecular formula is C16H13N3O2. The smallest absolute Gasteiger partial charge is 0.255 e. The van der Waals surface area contributed by atoms with Crippen LogP contribution in [-0.2, 0) is 0 Å². The number of anilines is 1. The lowest BCUT2D eigenvalue weighted by molar-refractivity contribution is 0.102. The molecule has 5 heteroatoms. The number of aromatic hydroxyl groups is 1. The number of benzene rings is 2. The van der Waals surface area contributed by atoms with E-state index < -0.39 is 0 Å². The van der Waals surface area contributed by atoms with Gasteiger partial charge in [-0.1, -0.05) is 6.07 Å². The summed E-state index contributed by atoms with van der Waals surface area (Å²) in [6, 6.07) is 10.1. The van der Waals surface area contributed by atoms with Crippen LogP contribution in [0.3, 0.4) is 0 Å². The molecule has 1 heterocycles. The molecule has 3 aromatic rings. The Balaban J connectivity index is 1.87. The standard InChI is InChI=1S/C16H13N3O2/c1-10-2-4-12(9-15(10)20)19-16(21)11-3-5-13-14(8-11)18-7-6-17-13/h2-9,20H,1H3,(H,19,21). The van der Waals surface area contributed by atoms with E-state index in [1.807, 2.05) is 0 Å². The summed E-state index contributed by atoms with van der Waals surface area (Å²) in [6.07, 6.45) is 3.19. The van der Waals surface area contributed by atoms with Crippen LogP contribution >= 0.6 is 0 Å². The number of carbonyl (C=O) groups is 1. The Labute approximate surface area is 121 Å². The van der Waals surface area contributed by atoms with Crippen LogP contribution in [0.15, 0.2) is 48.8 Å². The van der Waals surface area contributed by atoms with Crippen molar-refractivity contribution in [2.45, 2.75) is 6.92 Å². The number of nitrogens with zero attached hydrogens (tertiary/aromatic N) is 2. The number of phenols is 1. The maximum Gasteiger partial charge on any atom is 0.255 e. The summed E-state index contributed by atoms with van der Waals surface area (Å²) in [5.74, 6) is -0.108. The summed E-state index contributed by atoms with van der Waals surface area (Å²) >= 11 is 0. The van der Waals surface area contributed by atoms with Crippen LogP contribution < -0.4 is 5.32 Å². The van der Waals surface area contributed by atoms with Gasteiger partial charge in [-0.2, -0.15) is 0 Å². The minimum Gasteiger partial charge on any atom is -0.508 e. The first-order chi connectivity index (χ1) is 10.1. The second kappa shape index (κ2) is 5.20. The van der Waals surface area contributed by atoms with E-state index in [-0.39, 0.29) is 11.7 Å². The van der Waals surface area contributed by atoms with Crippen LogP contribution in [0, 0.1) is 6.92 Å². The highest BCUT2D eigenvalue weighted by Crippen LogP contribution is 2.21. The van der Waals surface area contributed by atoms with Gasteiger partial charge in [-0.25, -0.2) is 0 Å². The van der Waals surface area contributed by atoms with E-state index in [4.69, 9.17) is 0 Å². The van der Waals surface area contributed by atoms with Gasteiger partial charge in [0.15, 0.2) is 0 Å². The average Bonchev–Trinajstić information content (AvgIpc) is 2.50. The predicted octanol–water partition coefficient (Wildman–Crippen LogP) is 2.90. The Kier molecular flexibility index (Phi) is 3.23. The molecule has 1 aromatic heterocycles. The molecule has 21 heavy (non-hydrogen) atoms. The normalized spacial score (nSPS) is 10.5. The van der Waals surface area contributed by atoms with Crippen molar-refractivity contribution in [3.8, 4) is 5.75 Å². The topological polar surface area (TPSA) is 75.1 Å². The van der Waals surface area contributed by atoms with Gasteiger partial charge >= 0.3 is 0 Å². The highest BCUT2D eigenvalue weighted by molar-refractivity contribution is 6.05. The zero-order chi connectivity index (χ0) is 14.8. The second-order valence-electron chi connectivity index (χ2n) is 4.72. The number of amides is 1. The van der Waals surface area contributed by atoms with Crippen molar-refractivity contribution in [2.24, 2.45) is 0 Å². The lowest BCUT2D eigenvalue weighted by atomic mass is 10.1. The number of phenolic OH excluding ortho intramolecular Hbond substituents is 1. The molecule has 0 saturated heterocycles. The summed E-state index contributed by atoms with van der Waals surface area (Å²) in [5.41, 5.74) is 3.19. The fourth-order valence-corrected chi connectivity index (χ4v) is 1.99. The molecule has 0 saturated carbocycles. The SMILES string of the molecule is Cc1ccc(NC(=O)c2ccc3nccnc3c2)cc1O. The monoisotopic (exact) mass is 279 g/mol. The molecule has 5 nitrogen and oxygen atoms in total. The minimum absolute atomic E-state index is 0.150. The third-order valence-electron chi connectivity index (χ3n) is 3.20. The Morgan fingerprint density at radius 3 is 2.57 bits per heavy atom. The Morgan fingerprint density at radius 2 is 1.81 bits per heavy atom. The van der Waals surface area contributed by atoms with Crippen LogP contribution in [-0.4, -0.2) is 21.0 Å². The lowest BCUT2D eigenvalue weighted by Crippen LogP contribution is -2.11. The Morgan fingerprint density at radius 1 is 1.05 bits per heavy atom. The van der Waals surface area contributed by atoms with Gasteiger partial charge in [0.05, 0.1) is 11.0 Å². The molecule has 2 N–H and O–H groups in total. The zero-order valence-corrected chi connectivity index (χ0v) is 11.4. The molecule has 104 valence electrons. The third-order valence-corrected chi connectivity index (χ3v) is 3.20. The highest BCUT2D eigenvalue weighted by Gasteiger charge is 2.08. The second-order valence-corrected chi connectivity index (χ2v) is 4.72. The molecular weight excluding hydrogens is 266 g/mol. The van der Waals surface area contributed by atoms with Crippen molar-refractivity contribution in [2.75, 3.05) is 5.32 Å². The maximum atomic E-state index is 12.2. The van der Waals surface area contributed by atoms with Crippen molar-refractivity contribution < 1.29 is 9.90 Å². The van der Waals surface area contributed by atoms with Gasteiger partial charge in [0.1, 0.15) is 5.75 Å². The number of fused-ring (bicyclic) bond motifs is 1. The number of rotatable bonds is 2. The number of carbonyl (C=O) groups excluding carboxylic acids is 1. The van der Waals surface area contributed by atoms with Crippen LogP contribution in [0.25, 0.3) is 11.0 Å². The molecule has 0 bridgehead atoms. The van der Waals surface area contributed by atoms with E-state index in [0.29, 0.717) is 16.8 Å². The van der Waals surface area contributed by atoms with Gasteiger partial charge in [0, 0.05) is 29.7 Å². The first kappa shape index (κ1) is 13.1. The van der Waals surface area contributed by atoms with Crippen molar-refractivity contribution in [1.29, 1.82) is 0 Å². The first-order valence-corrected chi connectivity index (χ1v) is 6.45. The molecule has 3 rings (SSSR count). The molecule has 2 aromatic carbocycles. The lowest BCUT2D eigenvalue weighted by Gasteiger charge is -2.07. The number of hydrogen-bond acceptors (Lipinski definition) is 4. The van der Waals surface area contributed by atoms with Crippen molar-refractivity contribution in [1.82, 2.24) is 9.97 Å². The van der Waals surface area contributed by atoms with Gasteiger partial charge < -0.3 is 10.4 Å². The maximum absolute atomic E-state index is 12.2. The van der Waals surface area contributed by atoms with Gasteiger partial charge in [-0.15, -0.1) is 0 Å². The largest absolute Gasteiger partial charge is 0.508 e.